The summed E-state index contributed by atoms with van der Waals surface area (Å²) in [4.78, 5) is 4.65. The lowest BCUT2D eigenvalue weighted by atomic mass is 10.1. The number of nitrogens with zero attached hydrogens (tertiary/aromatic N) is 3. The van der Waals surface area contributed by atoms with Crippen molar-refractivity contribution in [1.82, 2.24) is 15.2 Å². The van der Waals surface area contributed by atoms with Gasteiger partial charge in [0.05, 0.1) is 0 Å². The second-order valence-electron chi connectivity index (χ2n) is 6.05. The number of para-hydroxylation sites is 1. The average Bonchev–Trinajstić information content (AvgIpc) is 2.85. The Kier molecular flexibility index (Phi) is 5.02. The number of hydrogen-bond acceptors (Lipinski definition) is 6. The topological polar surface area (TPSA) is 59.9 Å². The minimum Gasteiger partial charge on any atom is -0.448 e. The van der Waals surface area contributed by atoms with Gasteiger partial charge in [-0.05, 0) is 12.5 Å². The number of aromatic nitrogens is 3. The third-order valence-electron chi connectivity index (χ3n) is 4.16. The second-order valence-corrected chi connectivity index (χ2v) is 7.11. The molecule has 0 aliphatic carbocycles. The Labute approximate surface area is 157 Å². The molecule has 132 valence electrons. The maximum Gasteiger partial charge on any atom is 0.247 e. The summed E-state index contributed by atoms with van der Waals surface area (Å²) in [6, 6.07) is 18.1. The van der Waals surface area contributed by atoms with Crippen molar-refractivity contribution in [2.75, 3.05) is 11.1 Å². The number of unbranched alkanes of at least 4 members (excludes halogenated alkanes) is 1. The first-order chi connectivity index (χ1) is 12.8. The Hall–Kier alpha value is -2.60. The summed E-state index contributed by atoms with van der Waals surface area (Å²) in [6.07, 6.45) is 1.95. The van der Waals surface area contributed by atoms with E-state index in [-0.39, 0.29) is 6.23 Å². The molecule has 0 spiro atoms. The third kappa shape index (κ3) is 3.51. The van der Waals surface area contributed by atoms with E-state index in [0.717, 1.165) is 35.4 Å². The summed E-state index contributed by atoms with van der Waals surface area (Å²) in [5.41, 5.74) is 3.62. The van der Waals surface area contributed by atoms with Crippen LogP contribution in [0.15, 0.2) is 59.8 Å². The van der Waals surface area contributed by atoms with Gasteiger partial charge in [0.15, 0.2) is 11.9 Å². The first-order valence-corrected chi connectivity index (χ1v) is 9.79. The maximum atomic E-state index is 6.23. The fourth-order valence-corrected chi connectivity index (χ4v) is 3.66. The van der Waals surface area contributed by atoms with E-state index in [1.165, 1.54) is 0 Å². The first-order valence-electron chi connectivity index (χ1n) is 8.80. The van der Waals surface area contributed by atoms with Crippen LogP contribution >= 0.6 is 11.8 Å². The molecule has 3 aromatic rings. The van der Waals surface area contributed by atoms with Gasteiger partial charge in [-0.1, -0.05) is 73.6 Å². The number of fused-ring (bicyclic) bond motifs is 3. The van der Waals surface area contributed by atoms with Crippen LogP contribution in [0.1, 0.15) is 31.6 Å². The van der Waals surface area contributed by atoms with E-state index < -0.39 is 0 Å². The average molecular weight is 364 g/mol. The highest BCUT2D eigenvalue weighted by atomic mass is 32.2. The van der Waals surface area contributed by atoms with Crippen LogP contribution in [-0.2, 0) is 0 Å². The van der Waals surface area contributed by atoms with Crippen molar-refractivity contribution in [3.63, 3.8) is 0 Å². The predicted molar refractivity (Wildman–Crippen MR) is 104 cm³/mol. The molecule has 0 saturated carbocycles. The van der Waals surface area contributed by atoms with Gasteiger partial charge >= 0.3 is 0 Å². The highest BCUT2D eigenvalue weighted by molar-refractivity contribution is 7.99. The maximum absolute atomic E-state index is 6.23. The highest BCUT2D eigenvalue weighted by Crippen LogP contribution is 2.39. The monoisotopic (exact) mass is 364 g/mol. The summed E-state index contributed by atoms with van der Waals surface area (Å²) in [6.45, 7) is 2.17. The van der Waals surface area contributed by atoms with Gasteiger partial charge in [-0.15, -0.1) is 10.2 Å². The zero-order valence-corrected chi connectivity index (χ0v) is 15.4. The van der Waals surface area contributed by atoms with Crippen molar-refractivity contribution in [2.45, 2.75) is 31.1 Å². The number of ether oxygens (including phenoxy) is 1. The van der Waals surface area contributed by atoms with Crippen LogP contribution in [0, 0.1) is 0 Å². The van der Waals surface area contributed by atoms with E-state index >= 15 is 0 Å². The molecule has 0 saturated heterocycles. The van der Waals surface area contributed by atoms with Crippen LogP contribution in [0.3, 0.4) is 0 Å². The number of benzene rings is 2. The highest BCUT2D eigenvalue weighted by Gasteiger charge is 2.25. The molecule has 1 aliphatic rings. The summed E-state index contributed by atoms with van der Waals surface area (Å²) < 4.78 is 6.23. The minimum absolute atomic E-state index is 0.330. The predicted octanol–water partition coefficient (Wildman–Crippen LogP) is 4.93. The molecule has 5 nitrogen and oxygen atoms in total. The molecule has 2 aromatic carbocycles. The quantitative estimate of drug-likeness (QED) is 0.511. The van der Waals surface area contributed by atoms with Crippen LogP contribution in [0.4, 0.5) is 5.69 Å². The molecule has 1 N–H and O–H groups in total. The summed E-state index contributed by atoms with van der Waals surface area (Å²) in [5.74, 6) is 1.50. The van der Waals surface area contributed by atoms with Gasteiger partial charge in [0.2, 0.25) is 11.0 Å². The molecule has 1 atom stereocenters. The molecule has 0 amide bonds. The molecule has 26 heavy (non-hydrogen) atoms. The molecule has 0 radical (unpaired) electrons. The lowest BCUT2D eigenvalue weighted by Gasteiger charge is -2.19. The summed E-state index contributed by atoms with van der Waals surface area (Å²) in [7, 11) is 0. The molecule has 6 heteroatoms. The van der Waals surface area contributed by atoms with E-state index in [1.54, 1.807) is 11.8 Å². The van der Waals surface area contributed by atoms with Crippen LogP contribution in [0.2, 0.25) is 0 Å². The molecular weight excluding hydrogens is 344 g/mol. The Morgan fingerprint density at radius 1 is 1.04 bits per heavy atom. The lowest BCUT2D eigenvalue weighted by molar-refractivity contribution is 0.225. The summed E-state index contributed by atoms with van der Waals surface area (Å²) >= 11 is 1.62. The number of nitrogens with one attached hydrogen (secondary N) is 1. The van der Waals surface area contributed by atoms with Crippen LogP contribution in [0.5, 0.6) is 5.88 Å². The number of hydrogen-bond donors (Lipinski definition) is 1. The van der Waals surface area contributed by atoms with Gasteiger partial charge in [0, 0.05) is 22.6 Å². The van der Waals surface area contributed by atoms with Crippen LogP contribution < -0.4 is 10.1 Å². The van der Waals surface area contributed by atoms with Gasteiger partial charge < -0.3 is 10.1 Å². The van der Waals surface area contributed by atoms with Gasteiger partial charge in [0.1, 0.15) is 0 Å². The van der Waals surface area contributed by atoms with E-state index in [2.05, 4.69) is 27.4 Å². The van der Waals surface area contributed by atoms with E-state index in [9.17, 15) is 0 Å². The number of anilines is 1. The van der Waals surface area contributed by atoms with Crippen LogP contribution in [-0.4, -0.2) is 20.9 Å². The summed E-state index contributed by atoms with van der Waals surface area (Å²) in [5, 5.41) is 12.8. The van der Waals surface area contributed by atoms with Crippen molar-refractivity contribution in [3.8, 4) is 17.1 Å². The smallest absolute Gasteiger partial charge is 0.247 e. The van der Waals surface area contributed by atoms with E-state index in [1.807, 2.05) is 54.6 Å². The molecule has 1 aliphatic heterocycles. The molecule has 1 unspecified atom stereocenters. The van der Waals surface area contributed by atoms with Crippen molar-refractivity contribution >= 4 is 17.4 Å². The van der Waals surface area contributed by atoms with Gasteiger partial charge in [0.25, 0.3) is 0 Å². The first kappa shape index (κ1) is 16.8. The van der Waals surface area contributed by atoms with Crippen molar-refractivity contribution < 1.29 is 4.74 Å². The Balaban J connectivity index is 1.74. The van der Waals surface area contributed by atoms with Crippen molar-refractivity contribution in [3.05, 3.63) is 60.2 Å². The Morgan fingerprint density at radius 2 is 1.85 bits per heavy atom. The largest absolute Gasteiger partial charge is 0.448 e. The SMILES string of the molecule is CCCCSc1nnc2c(n1)OC(c1ccccc1)Nc1ccccc1-2. The molecular formula is C20H20N4OS. The van der Waals surface area contributed by atoms with Crippen LogP contribution in [0.25, 0.3) is 11.3 Å². The fourth-order valence-electron chi connectivity index (χ4n) is 2.79. The fraction of sp³-hybridized carbons (Fsp3) is 0.250. The van der Waals surface area contributed by atoms with Crippen molar-refractivity contribution in [1.29, 1.82) is 0 Å². The lowest BCUT2D eigenvalue weighted by Crippen LogP contribution is -2.17. The second kappa shape index (κ2) is 7.74. The third-order valence-corrected chi connectivity index (χ3v) is 5.09. The van der Waals surface area contributed by atoms with E-state index in [0.29, 0.717) is 16.7 Å². The van der Waals surface area contributed by atoms with Gasteiger partial charge in [-0.25, -0.2) is 0 Å². The van der Waals surface area contributed by atoms with Gasteiger partial charge in [-0.3, -0.25) is 0 Å². The zero-order chi connectivity index (χ0) is 17.8. The normalized spacial score (nSPS) is 15.2. The number of thioether (sulfide) groups is 1. The minimum atomic E-state index is -0.330. The molecule has 4 rings (SSSR count). The van der Waals surface area contributed by atoms with Gasteiger partial charge in [-0.2, -0.15) is 4.98 Å². The molecule has 2 heterocycles. The molecule has 1 aromatic heterocycles. The van der Waals surface area contributed by atoms with Crippen molar-refractivity contribution in [2.24, 2.45) is 0 Å². The molecule has 0 bridgehead atoms. The Morgan fingerprint density at radius 3 is 2.69 bits per heavy atom. The standard InChI is InChI=1S/C20H20N4OS/c1-2-3-13-26-20-22-19-17(23-24-20)15-11-7-8-12-16(15)21-18(25-19)14-9-5-4-6-10-14/h4-12,18,21H,2-3,13H2,1H3. The van der Waals surface area contributed by atoms with E-state index in [4.69, 9.17) is 4.74 Å². The molecule has 0 fully saturated rings. The Bertz CT molecular complexity index is 888. The number of rotatable bonds is 5. The zero-order valence-electron chi connectivity index (χ0n) is 14.6.